The molecule has 0 unspecified atom stereocenters. The maximum atomic E-state index is 14.1. The van der Waals surface area contributed by atoms with Gasteiger partial charge in [0.15, 0.2) is 0 Å². The van der Waals surface area contributed by atoms with E-state index in [0.29, 0.717) is 37.6 Å². The predicted octanol–water partition coefficient (Wildman–Crippen LogP) is 4.63. The van der Waals surface area contributed by atoms with Crippen LogP contribution < -0.4 is 4.90 Å². The Hall–Kier alpha value is -3.01. The van der Waals surface area contributed by atoms with Crippen molar-refractivity contribution in [3.8, 4) is 0 Å². The Morgan fingerprint density at radius 1 is 1.00 bits per heavy atom. The van der Waals surface area contributed by atoms with Gasteiger partial charge in [0.25, 0.3) is 0 Å². The first-order valence-electron chi connectivity index (χ1n) is 13.1. The number of carbonyl (C=O) groups excluding carboxylic acids is 1. The van der Waals surface area contributed by atoms with Crippen molar-refractivity contribution in [2.75, 3.05) is 44.2 Å². The summed E-state index contributed by atoms with van der Waals surface area (Å²) in [5.74, 6) is -1.21. The third kappa shape index (κ3) is 5.66. The minimum absolute atomic E-state index is 0.0607. The van der Waals surface area contributed by atoms with Crippen molar-refractivity contribution < 1.29 is 17.6 Å². The van der Waals surface area contributed by atoms with Gasteiger partial charge in [0.2, 0.25) is 15.9 Å². The number of hydrogen-bond donors (Lipinski definition) is 0. The molecule has 2 aliphatic rings. The number of rotatable bonds is 5. The van der Waals surface area contributed by atoms with E-state index >= 15 is 0 Å². The highest BCUT2D eigenvalue weighted by Crippen LogP contribution is 2.38. The van der Waals surface area contributed by atoms with Gasteiger partial charge < -0.3 is 9.80 Å². The van der Waals surface area contributed by atoms with Crippen LogP contribution in [0.4, 0.5) is 10.1 Å². The summed E-state index contributed by atoms with van der Waals surface area (Å²) in [6.45, 7) is 6.55. The van der Waals surface area contributed by atoms with Crippen LogP contribution in [0.1, 0.15) is 29.0 Å². The van der Waals surface area contributed by atoms with Crippen LogP contribution in [0.2, 0.25) is 5.02 Å². The number of pyridine rings is 1. The summed E-state index contributed by atoms with van der Waals surface area (Å²) >= 11 is 6.24. The number of amides is 1. The van der Waals surface area contributed by atoms with Crippen molar-refractivity contribution in [1.82, 2.24) is 14.2 Å². The Kier molecular flexibility index (Phi) is 7.94. The van der Waals surface area contributed by atoms with Gasteiger partial charge in [-0.3, -0.25) is 9.78 Å². The first-order valence-corrected chi connectivity index (χ1v) is 14.9. The molecule has 10 heteroatoms. The zero-order valence-electron chi connectivity index (χ0n) is 22.1. The molecule has 0 aliphatic carbocycles. The van der Waals surface area contributed by atoms with Crippen molar-refractivity contribution in [3.05, 3.63) is 88.5 Å². The van der Waals surface area contributed by atoms with Crippen LogP contribution in [0.15, 0.2) is 65.8 Å². The molecule has 0 spiro atoms. The summed E-state index contributed by atoms with van der Waals surface area (Å²) in [4.78, 5) is 22.2. The number of carbonyl (C=O) groups is 1. The van der Waals surface area contributed by atoms with Crippen molar-refractivity contribution in [1.29, 1.82) is 0 Å². The first-order chi connectivity index (χ1) is 18.6. The van der Waals surface area contributed by atoms with Crippen molar-refractivity contribution in [3.63, 3.8) is 0 Å². The Labute approximate surface area is 234 Å². The number of piperazine rings is 1. The topological polar surface area (TPSA) is 73.8 Å². The Bertz CT molecular complexity index is 1460. The third-order valence-electron chi connectivity index (χ3n) is 7.90. The SMILES string of the molecule is Cc1cc(F)ccc1[C@H]1CCN(S(=O)(=O)c2cccnc2)C[C@H]1C(=O)N1CCN(c2cc(Cl)ccc2C)CC1. The molecule has 0 saturated carbocycles. The van der Waals surface area contributed by atoms with Gasteiger partial charge in [0, 0.05) is 62.4 Å². The average molecular weight is 571 g/mol. The number of anilines is 1. The summed E-state index contributed by atoms with van der Waals surface area (Å²) in [6, 6.07) is 13.5. The maximum Gasteiger partial charge on any atom is 0.244 e. The molecule has 2 fully saturated rings. The molecule has 2 aromatic carbocycles. The summed E-state index contributed by atoms with van der Waals surface area (Å²) in [7, 11) is -3.82. The largest absolute Gasteiger partial charge is 0.368 e. The van der Waals surface area contributed by atoms with E-state index < -0.39 is 15.9 Å². The average Bonchev–Trinajstić information content (AvgIpc) is 2.94. The molecule has 0 bridgehead atoms. The van der Waals surface area contributed by atoms with Gasteiger partial charge in [-0.2, -0.15) is 4.31 Å². The fourth-order valence-corrected chi connectivity index (χ4v) is 7.40. The van der Waals surface area contributed by atoms with E-state index in [2.05, 4.69) is 9.88 Å². The number of piperidine rings is 1. The Morgan fingerprint density at radius 2 is 1.77 bits per heavy atom. The first kappa shape index (κ1) is 27.6. The van der Waals surface area contributed by atoms with E-state index in [1.54, 1.807) is 12.1 Å². The van der Waals surface area contributed by atoms with E-state index in [4.69, 9.17) is 11.6 Å². The van der Waals surface area contributed by atoms with Crippen LogP contribution in [0.3, 0.4) is 0 Å². The molecule has 2 atom stereocenters. The highest BCUT2D eigenvalue weighted by Gasteiger charge is 2.42. The van der Waals surface area contributed by atoms with E-state index in [0.717, 1.165) is 22.4 Å². The van der Waals surface area contributed by atoms with Gasteiger partial charge in [-0.1, -0.05) is 23.7 Å². The Balaban J connectivity index is 1.40. The molecular formula is C29H32ClFN4O3S. The number of nitrogens with zero attached hydrogens (tertiary/aromatic N) is 4. The molecule has 1 aromatic heterocycles. The monoisotopic (exact) mass is 570 g/mol. The van der Waals surface area contributed by atoms with Crippen molar-refractivity contribution in [2.45, 2.75) is 31.1 Å². The van der Waals surface area contributed by atoms with Crippen LogP contribution in [0, 0.1) is 25.6 Å². The lowest BCUT2D eigenvalue weighted by molar-refractivity contribution is -0.137. The lowest BCUT2D eigenvalue weighted by Crippen LogP contribution is -2.54. The summed E-state index contributed by atoms with van der Waals surface area (Å²) in [6.07, 6.45) is 3.32. The van der Waals surface area contributed by atoms with Crippen molar-refractivity contribution >= 4 is 33.2 Å². The molecule has 7 nitrogen and oxygen atoms in total. The van der Waals surface area contributed by atoms with E-state index in [-0.39, 0.29) is 35.6 Å². The van der Waals surface area contributed by atoms with Gasteiger partial charge in [-0.05, 0) is 79.3 Å². The quantitative estimate of drug-likeness (QED) is 0.447. The third-order valence-corrected chi connectivity index (χ3v) is 9.98. The van der Waals surface area contributed by atoms with Crippen LogP contribution in [-0.2, 0) is 14.8 Å². The van der Waals surface area contributed by atoms with Crippen LogP contribution in [0.25, 0.3) is 0 Å². The number of hydrogen-bond acceptors (Lipinski definition) is 5. The van der Waals surface area contributed by atoms with Crippen molar-refractivity contribution in [2.24, 2.45) is 5.92 Å². The van der Waals surface area contributed by atoms with E-state index in [1.807, 2.05) is 36.9 Å². The summed E-state index contributed by atoms with van der Waals surface area (Å²) < 4.78 is 42.2. The highest BCUT2D eigenvalue weighted by atomic mass is 35.5. The Morgan fingerprint density at radius 3 is 2.46 bits per heavy atom. The standard InChI is InChI=1S/C29H32ClFN4O3S/c1-20-5-6-22(30)17-28(20)33-12-14-34(15-13-33)29(36)27-19-35(39(37,38)24-4-3-10-32-18-24)11-9-26(27)25-8-7-23(31)16-21(25)2/h3-8,10,16-18,26-27H,9,11-15,19H2,1-2H3/t26-,27-/m1/s1. The second kappa shape index (κ2) is 11.2. The van der Waals surface area contributed by atoms with Gasteiger partial charge in [-0.15, -0.1) is 0 Å². The van der Waals surface area contributed by atoms with Crippen LogP contribution >= 0.6 is 11.6 Å². The lowest BCUT2D eigenvalue weighted by atomic mass is 9.78. The number of aryl methyl sites for hydroxylation is 2. The fourth-order valence-electron chi connectivity index (χ4n) is 5.79. The zero-order valence-corrected chi connectivity index (χ0v) is 23.6. The van der Waals surface area contributed by atoms with Gasteiger partial charge in [0.05, 0.1) is 5.92 Å². The van der Waals surface area contributed by atoms with E-state index in [1.165, 1.54) is 34.9 Å². The molecule has 2 saturated heterocycles. The second-order valence-corrected chi connectivity index (χ2v) is 12.7. The molecule has 3 heterocycles. The second-order valence-electron chi connectivity index (χ2n) is 10.3. The number of aromatic nitrogens is 1. The minimum atomic E-state index is -3.82. The van der Waals surface area contributed by atoms with Gasteiger partial charge in [0.1, 0.15) is 10.7 Å². The number of benzene rings is 2. The number of sulfonamides is 1. The molecule has 3 aromatic rings. The van der Waals surface area contributed by atoms with Crippen LogP contribution in [0.5, 0.6) is 0 Å². The van der Waals surface area contributed by atoms with Gasteiger partial charge >= 0.3 is 0 Å². The summed E-state index contributed by atoms with van der Waals surface area (Å²) in [5, 5.41) is 0.670. The van der Waals surface area contributed by atoms with Crippen LogP contribution in [-0.4, -0.2) is 67.8 Å². The predicted molar refractivity (Wildman–Crippen MR) is 150 cm³/mol. The molecule has 5 rings (SSSR count). The molecule has 2 aliphatic heterocycles. The molecule has 39 heavy (non-hydrogen) atoms. The smallest absolute Gasteiger partial charge is 0.244 e. The highest BCUT2D eigenvalue weighted by molar-refractivity contribution is 7.89. The molecular weight excluding hydrogens is 539 g/mol. The van der Waals surface area contributed by atoms with E-state index in [9.17, 15) is 17.6 Å². The van der Waals surface area contributed by atoms with Gasteiger partial charge in [-0.25, -0.2) is 12.8 Å². The lowest BCUT2D eigenvalue weighted by Gasteiger charge is -2.42. The maximum absolute atomic E-state index is 14.1. The molecule has 1 amide bonds. The number of halogens is 2. The zero-order chi connectivity index (χ0) is 27.7. The molecule has 206 valence electrons. The molecule has 0 N–H and O–H groups in total. The fraction of sp³-hybridized carbons (Fsp3) is 0.379. The summed E-state index contributed by atoms with van der Waals surface area (Å²) in [5.41, 5.74) is 3.83. The molecule has 0 radical (unpaired) electrons. The minimum Gasteiger partial charge on any atom is -0.368 e. The normalized spacial score (nSPS) is 20.7.